The number of carboxylic acid groups (broad SMARTS) is 1. The number of aromatic carboxylic acids is 1. The van der Waals surface area contributed by atoms with Gasteiger partial charge in [-0.15, -0.1) is 0 Å². The Balaban J connectivity index is 1.29. The number of carboxylic acids is 1. The highest BCUT2D eigenvalue weighted by atomic mass is 35.5. The third-order valence-corrected chi connectivity index (χ3v) is 7.92. The summed E-state index contributed by atoms with van der Waals surface area (Å²) >= 11 is 6.10. The van der Waals surface area contributed by atoms with Gasteiger partial charge < -0.3 is 24.2 Å². The van der Waals surface area contributed by atoms with Crippen molar-refractivity contribution in [2.75, 3.05) is 16.4 Å². The van der Waals surface area contributed by atoms with Crippen LogP contribution in [-0.2, 0) is 11.3 Å². The molecule has 2 amide bonds. The number of aromatic nitrogens is 2. The Morgan fingerprint density at radius 2 is 1.74 bits per heavy atom. The molecule has 2 unspecified atom stereocenters. The van der Waals surface area contributed by atoms with Crippen LogP contribution in [0.5, 0.6) is 5.75 Å². The first kappa shape index (κ1) is 29.8. The molecule has 0 saturated carbocycles. The van der Waals surface area contributed by atoms with Gasteiger partial charge in [-0.3, -0.25) is 9.59 Å². The lowest BCUT2D eigenvalue weighted by Crippen LogP contribution is -2.47. The molecule has 0 spiro atoms. The van der Waals surface area contributed by atoms with Crippen LogP contribution < -0.4 is 14.5 Å². The number of ether oxygens (including phenoxy) is 1. The minimum atomic E-state index is -1.00. The number of anilines is 2. The molecule has 2 heterocycles. The standard InChI is InChI=1S/C33H33ClN4O5/c1-21-19-30(38(23(3)39)26-13-11-25(34)12-14-26)28-7-4-5-8-29(28)37(21)32(40)24-9-15-27(16-10-24)43-18-6-17-36-20-35-22(2)31(36)33(41)42/h4-5,7-16,20-21,30H,6,17-19H2,1-3H3,(H,41,42). The molecule has 3 aromatic carbocycles. The van der Waals surface area contributed by atoms with E-state index in [2.05, 4.69) is 4.98 Å². The molecule has 0 fully saturated rings. The summed E-state index contributed by atoms with van der Waals surface area (Å²) in [5, 5.41) is 9.97. The monoisotopic (exact) mass is 600 g/mol. The first-order valence-electron chi connectivity index (χ1n) is 14.1. The van der Waals surface area contributed by atoms with Crippen LogP contribution in [0.1, 0.15) is 64.8 Å². The number of carbonyl (C=O) groups is 3. The number of carbonyl (C=O) groups excluding carboxylic acids is 2. The van der Waals surface area contributed by atoms with Crippen LogP contribution in [0, 0.1) is 6.92 Å². The molecule has 0 bridgehead atoms. The molecule has 0 saturated heterocycles. The van der Waals surface area contributed by atoms with Crippen LogP contribution in [0.3, 0.4) is 0 Å². The van der Waals surface area contributed by atoms with E-state index < -0.39 is 5.97 Å². The molecule has 2 atom stereocenters. The number of hydrogen-bond acceptors (Lipinski definition) is 5. The van der Waals surface area contributed by atoms with Gasteiger partial charge in [-0.1, -0.05) is 29.8 Å². The van der Waals surface area contributed by atoms with E-state index in [0.717, 1.165) is 16.9 Å². The maximum absolute atomic E-state index is 13.8. The predicted octanol–water partition coefficient (Wildman–Crippen LogP) is 6.55. The summed E-state index contributed by atoms with van der Waals surface area (Å²) in [7, 11) is 0. The van der Waals surface area contributed by atoms with Gasteiger partial charge in [0.05, 0.1) is 24.7 Å². The molecule has 0 aliphatic carbocycles. The summed E-state index contributed by atoms with van der Waals surface area (Å²) in [6.07, 6.45) is 2.68. The number of para-hydroxylation sites is 1. The molecule has 222 valence electrons. The zero-order chi connectivity index (χ0) is 30.7. The summed E-state index contributed by atoms with van der Waals surface area (Å²) in [6.45, 7) is 6.06. The fourth-order valence-corrected chi connectivity index (χ4v) is 5.83. The van der Waals surface area contributed by atoms with Crippen LogP contribution in [0.2, 0.25) is 5.02 Å². The first-order valence-corrected chi connectivity index (χ1v) is 14.5. The van der Waals surface area contributed by atoms with Gasteiger partial charge in [-0.2, -0.15) is 0 Å². The van der Waals surface area contributed by atoms with Gasteiger partial charge in [-0.05, 0) is 86.8 Å². The molecule has 1 N–H and O–H groups in total. The van der Waals surface area contributed by atoms with E-state index in [1.54, 1.807) is 64.6 Å². The molecule has 4 aromatic rings. The van der Waals surface area contributed by atoms with Crippen molar-refractivity contribution in [2.45, 2.75) is 52.2 Å². The minimum Gasteiger partial charge on any atom is -0.494 e. The normalized spacial score (nSPS) is 16.0. The lowest BCUT2D eigenvalue weighted by molar-refractivity contribution is -0.117. The highest BCUT2D eigenvalue weighted by Gasteiger charge is 2.38. The topological polar surface area (TPSA) is 105 Å². The summed E-state index contributed by atoms with van der Waals surface area (Å²) < 4.78 is 7.46. The average molecular weight is 601 g/mol. The van der Waals surface area contributed by atoms with E-state index in [1.807, 2.05) is 43.3 Å². The van der Waals surface area contributed by atoms with Gasteiger partial charge in [-0.25, -0.2) is 9.78 Å². The molecule has 0 radical (unpaired) electrons. The van der Waals surface area contributed by atoms with E-state index in [4.69, 9.17) is 16.3 Å². The number of rotatable bonds is 9. The smallest absolute Gasteiger partial charge is 0.354 e. The Bertz CT molecular complexity index is 1630. The SMILES string of the molecule is CC(=O)N(c1ccc(Cl)cc1)C1CC(C)N(C(=O)c2ccc(OCCCn3cnc(C)c3C(=O)O)cc2)c2ccccc21. The summed E-state index contributed by atoms with van der Waals surface area (Å²) in [5.74, 6) is -0.617. The zero-order valence-electron chi connectivity index (χ0n) is 24.2. The molecule has 43 heavy (non-hydrogen) atoms. The van der Waals surface area contributed by atoms with Gasteiger partial charge in [0.1, 0.15) is 11.4 Å². The fraction of sp³-hybridized carbons (Fsp3) is 0.273. The fourth-order valence-electron chi connectivity index (χ4n) is 5.71. The largest absolute Gasteiger partial charge is 0.494 e. The zero-order valence-corrected chi connectivity index (χ0v) is 25.0. The maximum Gasteiger partial charge on any atom is 0.354 e. The number of halogens is 1. The second-order valence-corrected chi connectivity index (χ2v) is 11.0. The van der Waals surface area contributed by atoms with Crippen molar-refractivity contribution in [3.63, 3.8) is 0 Å². The molecule has 9 nitrogen and oxygen atoms in total. The number of amides is 2. The number of hydrogen-bond donors (Lipinski definition) is 1. The minimum absolute atomic E-state index is 0.0906. The van der Waals surface area contributed by atoms with Gasteiger partial charge in [0.25, 0.3) is 5.91 Å². The number of benzene rings is 3. The van der Waals surface area contributed by atoms with E-state index in [-0.39, 0.29) is 29.6 Å². The predicted molar refractivity (Wildman–Crippen MR) is 165 cm³/mol. The summed E-state index contributed by atoms with van der Waals surface area (Å²) in [4.78, 5) is 45.8. The van der Waals surface area contributed by atoms with E-state index >= 15 is 0 Å². The van der Waals surface area contributed by atoms with Crippen molar-refractivity contribution in [1.29, 1.82) is 0 Å². The second-order valence-electron chi connectivity index (χ2n) is 10.6. The van der Waals surface area contributed by atoms with Gasteiger partial charge in [0.15, 0.2) is 0 Å². The van der Waals surface area contributed by atoms with Crippen molar-refractivity contribution >= 4 is 40.8 Å². The lowest BCUT2D eigenvalue weighted by atomic mass is 9.89. The Morgan fingerprint density at radius 1 is 1.05 bits per heavy atom. The van der Waals surface area contributed by atoms with E-state index in [1.165, 1.54) is 6.33 Å². The molecule has 10 heteroatoms. The maximum atomic E-state index is 13.8. The number of aryl methyl sites for hydroxylation is 2. The van der Waals surface area contributed by atoms with Crippen molar-refractivity contribution in [3.05, 3.63) is 107 Å². The van der Waals surface area contributed by atoms with Crippen molar-refractivity contribution in [2.24, 2.45) is 0 Å². The quantitative estimate of drug-likeness (QED) is 0.219. The van der Waals surface area contributed by atoms with Gasteiger partial charge in [0, 0.05) is 41.5 Å². The number of imidazole rings is 1. The third kappa shape index (κ3) is 6.27. The summed E-state index contributed by atoms with van der Waals surface area (Å²) in [6, 6.07) is 21.5. The molecular weight excluding hydrogens is 568 g/mol. The van der Waals surface area contributed by atoms with Crippen molar-refractivity contribution in [1.82, 2.24) is 9.55 Å². The van der Waals surface area contributed by atoms with Crippen molar-refractivity contribution in [3.8, 4) is 5.75 Å². The number of fused-ring (bicyclic) bond motifs is 1. The molecular formula is C33H33ClN4O5. The van der Waals surface area contributed by atoms with Gasteiger partial charge in [0.2, 0.25) is 5.91 Å². The average Bonchev–Trinajstić information content (AvgIpc) is 3.36. The highest BCUT2D eigenvalue weighted by molar-refractivity contribution is 6.30. The van der Waals surface area contributed by atoms with E-state index in [0.29, 0.717) is 48.0 Å². The van der Waals surface area contributed by atoms with Crippen LogP contribution in [0.4, 0.5) is 11.4 Å². The van der Waals surface area contributed by atoms with Crippen LogP contribution in [0.15, 0.2) is 79.1 Å². The lowest BCUT2D eigenvalue weighted by Gasteiger charge is -2.43. The Kier molecular flexibility index (Phi) is 8.82. The van der Waals surface area contributed by atoms with Crippen LogP contribution in [0.25, 0.3) is 0 Å². The number of nitrogens with zero attached hydrogens (tertiary/aromatic N) is 4. The molecule has 1 aliphatic heterocycles. The van der Waals surface area contributed by atoms with E-state index in [9.17, 15) is 19.5 Å². The molecule has 1 aromatic heterocycles. The Labute approximate surface area is 255 Å². The summed E-state index contributed by atoms with van der Waals surface area (Å²) in [5.41, 5.74) is 3.61. The third-order valence-electron chi connectivity index (χ3n) is 7.67. The van der Waals surface area contributed by atoms with Crippen LogP contribution in [-0.4, -0.2) is 45.1 Å². The van der Waals surface area contributed by atoms with Crippen LogP contribution >= 0.6 is 11.6 Å². The van der Waals surface area contributed by atoms with Crippen molar-refractivity contribution < 1.29 is 24.2 Å². The van der Waals surface area contributed by atoms with Gasteiger partial charge >= 0.3 is 5.97 Å². The molecule has 1 aliphatic rings. The second kappa shape index (κ2) is 12.7. The Hall–Kier alpha value is -4.63. The Morgan fingerprint density at radius 3 is 2.42 bits per heavy atom. The first-order chi connectivity index (χ1) is 20.7. The highest BCUT2D eigenvalue weighted by Crippen LogP contribution is 2.43. The molecule has 5 rings (SSSR count).